The summed E-state index contributed by atoms with van der Waals surface area (Å²) in [6, 6.07) is 8.42. The van der Waals surface area contributed by atoms with Crippen LogP contribution in [0.5, 0.6) is 0 Å². The minimum absolute atomic E-state index is 0.267. The largest absolute Gasteiger partial charge is 0.330 e. The molecule has 3 nitrogen and oxygen atoms in total. The van der Waals surface area contributed by atoms with Gasteiger partial charge in [-0.2, -0.15) is 0 Å². The summed E-state index contributed by atoms with van der Waals surface area (Å²) in [5, 5.41) is 3.95. The Morgan fingerprint density at radius 3 is 3.00 bits per heavy atom. The van der Waals surface area contributed by atoms with Gasteiger partial charge in [-0.05, 0) is 31.2 Å². The van der Waals surface area contributed by atoms with Gasteiger partial charge in [-0.1, -0.05) is 11.3 Å². The topological polar surface area (TPSA) is 37.8 Å². The maximum atomic E-state index is 13.1. The van der Waals surface area contributed by atoms with E-state index in [1.807, 2.05) is 19.1 Å². The van der Waals surface area contributed by atoms with Gasteiger partial charge in [-0.25, -0.2) is 9.37 Å². The number of aromatic nitrogens is 2. The summed E-state index contributed by atoms with van der Waals surface area (Å²) in [6.07, 6.45) is 1.74. The Morgan fingerprint density at radius 2 is 2.17 bits per heavy atom. The number of pyridine rings is 1. The third-order valence-corrected chi connectivity index (χ3v) is 3.55. The van der Waals surface area contributed by atoms with E-state index in [0.29, 0.717) is 5.52 Å². The zero-order valence-electron chi connectivity index (χ0n) is 9.64. The van der Waals surface area contributed by atoms with Gasteiger partial charge in [0.2, 0.25) is 0 Å². The summed E-state index contributed by atoms with van der Waals surface area (Å²) in [4.78, 5) is 8.55. The minimum Gasteiger partial charge on any atom is -0.330 e. The second-order valence-corrected chi connectivity index (χ2v) is 4.92. The quantitative estimate of drug-likeness (QED) is 0.758. The van der Waals surface area contributed by atoms with Crippen molar-refractivity contribution in [2.45, 2.75) is 6.92 Å². The normalized spacial score (nSPS) is 10.8. The van der Waals surface area contributed by atoms with Gasteiger partial charge in [0.05, 0.1) is 21.6 Å². The molecule has 0 saturated carbocycles. The Labute approximate surface area is 107 Å². The molecule has 0 spiro atoms. The first-order valence-electron chi connectivity index (χ1n) is 5.47. The molecule has 0 radical (unpaired) electrons. The first kappa shape index (κ1) is 11.1. The molecule has 1 aromatic carbocycles. The lowest BCUT2D eigenvalue weighted by atomic mass is 10.3. The van der Waals surface area contributed by atoms with Crippen LogP contribution < -0.4 is 5.32 Å². The molecule has 18 heavy (non-hydrogen) atoms. The molecule has 0 aliphatic rings. The Morgan fingerprint density at radius 1 is 1.28 bits per heavy atom. The summed E-state index contributed by atoms with van der Waals surface area (Å²) >= 11 is 1.49. The van der Waals surface area contributed by atoms with Crippen LogP contribution in [0.25, 0.3) is 10.2 Å². The average Bonchev–Trinajstić information content (AvgIpc) is 2.73. The number of thiazole rings is 1. The van der Waals surface area contributed by atoms with Gasteiger partial charge >= 0.3 is 0 Å². The van der Waals surface area contributed by atoms with Gasteiger partial charge in [0.25, 0.3) is 0 Å². The number of benzene rings is 1. The molecule has 3 rings (SSSR count). The van der Waals surface area contributed by atoms with Gasteiger partial charge in [-0.3, -0.25) is 4.98 Å². The number of nitrogens with one attached hydrogen (secondary N) is 1. The second-order valence-electron chi connectivity index (χ2n) is 3.89. The van der Waals surface area contributed by atoms with E-state index in [-0.39, 0.29) is 5.82 Å². The number of aryl methyl sites for hydroxylation is 1. The van der Waals surface area contributed by atoms with E-state index in [4.69, 9.17) is 0 Å². The number of rotatable bonds is 2. The average molecular weight is 259 g/mol. The fourth-order valence-corrected chi connectivity index (χ4v) is 2.54. The van der Waals surface area contributed by atoms with Crippen molar-refractivity contribution in [1.29, 1.82) is 0 Å². The molecule has 90 valence electrons. The van der Waals surface area contributed by atoms with E-state index < -0.39 is 0 Å². The van der Waals surface area contributed by atoms with Crippen LogP contribution in [0.15, 0.2) is 36.5 Å². The lowest BCUT2D eigenvalue weighted by molar-refractivity contribution is 0.629. The minimum atomic E-state index is -0.267. The number of anilines is 2. The van der Waals surface area contributed by atoms with Crippen molar-refractivity contribution in [2.24, 2.45) is 0 Å². The molecule has 0 aliphatic heterocycles. The summed E-state index contributed by atoms with van der Waals surface area (Å²) in [5.74, 6) is -0.267. The lowest BCUT2D eigenvalue weighted by Crippen LogP contribution is -1.93. The molecule has 0 bridgehead atoms. The number of halogens is 1. The smallest absolute Gasteiger partial charge is 0.188 e. The molecule has 2 aromatic heterocycles. The van der Waals surface area contributed by atoms with Crippen LogP contribution in [0.3, 0.4) is 0 Å². The zero-order valence-corrected chi connectivity index (χ0v) is 10.5. The Bertz CT molecular complexity index is 708. The summed E-state index contributed by atoms with van der Waals surface area (Å²) in [6.45, 7) is 1.93. The predicted octanol–water partition coefficient (Wildman–Crippen LogP) is 3.88. The number of hydrogen-bond acceptors (Lipinski definition) is 4. The lowest BCUT2D eigenvalue weighted by Gasteiger charge is -2.04. The molecular formula is C13H10FN3S. The highest BCUT2D eigenvalue weighted by molar-refractivity contribution is 7.22. The van der Waals surface area contributed by atoms with Crippen LogP contribution in [0.2, 0.25) is 0 Å². The van der Waals surface area contributed by atoms with Crippen LogP contribution in [0.1, 0.15) is 5.69 Å². The van der Waals surface area contributed by atoms with E-state index in [1.54, 1.807) is 12.3 Å². The fourth-order valence-electron chi connectivity index (χ4n) is 1.69. The summed E-state index contributed by atoms with van der Waals surface area (Å²) in [7, 11) is 0. The van der Waals surface area contributed by atoms with Crippen molar-refractivity contribution in [3.8, 4) is 0 Å². The van der Waals surface area contributed by atoms with Crippen molar-refractivity contribution in [1.82, 2.24) is 9.97 Å². The molecule has 0 aliphatic carbocycles. The van der Waals surface area contributed by atoms with E-state index in [1.165, 1.54) is 23.5 Å². The van der Waals surface area contributed by atoms with E-state index in [0.717, 1.165) is 21.2 Å². The molecule has 0 saturated heterocycles. The van der Waals surface area contributed by atoms with Crippen LogP contribution in [0.4, 0.5) is 15.2 Å². The van der Waals surface area contributed by atoms with Gasteiger partial charge in [0, 0.05) is 12.3 Å². The highest BCUT2D eigenvalue weighted by atomic mass is 32.1. The standard InChI is InChI=1S/C13H10FN3S/c1-8-10(3-2-6-15-8)16-13-17-11-7-9(14)4-5-12(11)18-13/h2-7H,1H3,(H,16,17). The second kappa shape index (κ2) is 4.34. The highest BCUT2D eigenvalue weighted by Crippen LogP contribution is 2.29. The maximum absolute atomic E-state index is 13.1. The summed E-state index contributed by atoms with van der Waals surface area (Å²) < 4.78 is 14.0. The van der Waals surface area contributed by atoms with Crippen molar-refractivity contribution >= 4 is 32.4 Å². The van der Waals surface area contributed by atoms with E-state index in [2.05, 4.69) is 15.3 Å². The molecule has 0 atom stereocenters. The van der Waals surface area contributed by atoms with Crippen LogP contribution >= 0.6 is 11.3 Å². The predicted molar refractivity (Wildman–Crippen MR) is 71.8 cm³/mol. The summed E-state index contributed by atoms with van der Waals surface area (Å²) in [5.41, 5.74) is 2.49. The zero-order chi connectivity index (χ0) is 12.5. The molecule has 0 amide bonds. The SMILES string of the molecule is Cc1ncccc1Nc1nc2cc(F)ccc2s1. The van der Waals surface area contributed by atoms with Gasteiger partial charge in [0.1, 0.15) is 5.82 Å². The third-order valence-electron chi connectivity index (χ3n) is 2.60. The van der Waals surface area contributed by atoms with Crippen molar-refractivity contribution in [2.75, 3.05) is 5.32 Å². The molecule has 2 heterocycles. The Balaban J connectivity index is 1.98. The van der Waals surface area contributed by atoms with Crippen LogP contribution in [-0.4, -0.2) is 9.97 Å². The maximum Gasteiger partial charge on any atom is 0.188 e. The molecule has 1 N–H and O–H groups in total. The third kappa shape index (κ3) is 2.04. The molecule has 0 unspecified atom stereocenters. The van der Waals surface area contributed by atoms with Crippen molar-refractivity contribution in [3.63, 3.8) is 0 Å². The van der Waals surface area contributed by atoms with E-state index >= 15 is 0 Å². The van der Waals surface area contributed by atoms with Gasteiger partial charge in [-0.15, -0.1) is 0 Å². The molecule has 5 heteroatoms. The molecule has 3 aromatic rings. The first-order valence-corrected chi connectivity index (χ1v) is 6.29. The Kier molecular flexibility index (Phi) is 2.68. The van der Waals surface area contributed by atoms with Crippen LogP contribution in [-0.2, 0) is 0 Å². The van der Waals surface area contributed by atoms with Crippen molar-refractivity contribution < 1.29 is 4.39 Å². The molecular weight excluding hydrogens is 249 g/mol. The Hall–Kier alpha value is -2.01. The number of fused-ring (bicyclic) bond motifs is 1. The van der Waals surface area contributed by atoms with E-state index in [9.17, 15) is 4.39 Å². The van der Waals surface area contributed by atoms with Crippen LogP contribution in [0, 0.1) is 12.7 Å². The number of nitrogens with zero attached hydrogens (tertiary/aromatic N) is 2. The highest BCUT2D eigenvalue weighted by Gasteiger charge is 2.06. The monoisotopic (exact) mass is 259 g/mol. The fraction of sp³-hybridized carbons (Fsp3) is 0.0769. The number of hydrogen-bond donors (Lipinski definition) is 1. The van der Waals surface area contributed by atoms with Gasteiger partial charge < -0.3 is 5.32 Å². The van der Waals surface area contributed by atoms with Gasteiger partial charge in [0.15, 0.2) is 5.13 Å². The first-order chi connectivity index (χ1) is 8.72. The molecule has 0 fully saturated rings. The van der Waals surface area contributed by atoms with Crippen molar-refractivity contribution in [3.05, 3.63) is 48.0 Å².